The highest BCUT2D eigenvalue weighted by Crippen LogP contribution is 2.15. The van der Waals surface area contributed by atoms with E-state index < -0.39 is 5.97 Å². The van der Waals surface area contributed by atoms with Crippen molar-refractivity contribution in [1.29, 1.82) is 0 Å². The van der Waals surface area contributed by atoms with Gasteiger partial charge in [-0.15, -0.1) is 0 Å². The first-order valence-corrected chi connectivity index (χ1v) is 4.47. The predicted molar refractivity (Wildman–Crippen MR) is 51.7 cm³/mol. The smallest absolute Gasteiger partial charge is 0.337 e. The molecule has 3 nitrogen and oxygen atoms in total. The molecule has 0 radical (unpaired) electrons. The molecule has 0 fully saturated rings. The maximum absolute atomic E-state index is 10.9. The lowest BCUT2D eigenvalue weighted by Crippen LogP contribution is -2.13. The number of carbonyl (C=O) groups excluding carboxylic acids is 1. The monoisotopic (exact) mass is 244 g/mol. The fourth-order valence-electron chi connectivity index (χ4n) is 0.781. The fourth-order valence-corrected chi connectivity index (χ4v) is 1.05. The zero-order chi connectivity index (χ0) is 9.68. The van der Waals surface area contributed by atoms with E-state index in [1.54, 1.807) is 24.3 Å². The number of benzene rings is 1. The van der Waals surface area contributed by atoms with Crippen LogP contribution in [0.4, 0.5) is 0 Å². The number of rotatable bonds is 3. The van der Waals surface area contributed by atoms with E-state index >= 15 is 0 Å². The third kappa shape index (κ3) is 3.57. The maximum Gasteiger partial charge on any atom is 0.337 e. The second-order valence-electron chi connectivity index (χ2n) is 2.36. The Labute approximate surface area is 84.8 Å². The van der Waals surface area contributed by atoms with Gasteiger partial charge in [-0.05, 0) is 24.3 Å². The van der Waals surface area contributed by atoms with Crippen LogP contribution in [0.15, 0.2) is 28.7 Å². The fraction of sp³-hybridized carbons (Fsp3) is 0.222. The molecule has 0 N–H and O–H groups in total. The van der Waals surface area contributed by atoms with Crippen LogP contribution in [0.3, 0.4) is 0 Å². The number of methoxy groups -OCH3 is 1. The third-order valence-corrected chi connectivity index (χ3v) is 1.84. The Kier molecular flexibility index (Phi) is 3.92. The van der Waals surface area contributed by atoms with E-state index in [4.69, 9.17) is 4.74 Å². The Morgan fingerprint density at radius 3 is 2.54 bits per heavy atom. The van der Waals surface area contributed by atoms with Crippen LogP contribution in [0.2, 0.25) is 0 Å². The van der Waals surface area contributed by atoms with E-state index in [0.29, 0.717) is 5.75 Å². The second kappa shape index (κ2) is 4.99. The molecule has 0 aromatic heterocycles. The number of ether oxygens (including phenoxy) is 2. The normalized spacial score (nSPS) is 9.69. The van der Waals surface area contributed by atoms with Crippen molar-refractivity contribution in [2.45, 2.75) is 0 Å². The summed E-state index contributed by atoms with van der Waals surface area (Å²) in [4.78, 5) is 10.9. The molecule has 0 bridgehead atoms. The summed E-state index contributed by atoms with van der Waals surface area (Å²) in [5, 5.41) is 0. The van der Waals surface area contributed by atoms with Crippen LogP contribution in [0, 0.1) is 0 Å². The van der Waals surface area contributed by atoms with E-state index in [0.717, 1.165) is 4.47 Å². The maximum atomic E-state index is 10.9. The molecule has 0 aliphatic heterocycles. The SMILES string of the molecule is COCC(=O)Oc1ccc(Br)cc1. The molecule has 0 heterocycles. The van der Waals surface area contributed by atoms with E-state index in [-0.39, 0.29) is 6.61 Å². The molecule has 0 amide bonds. The molecule has 1 aromatic carbocycles. The van der Waals surface area contributed by atoms with Crippen LogP contribution in [0.25, 0.3) is 0 Å². The average Bonchev–Trinajstić information content (AvgIpc) is 2.09. The zero-order valence-electron chi connectivity index (χ0n) is 7.12. The minimum Gasteiger partial charge on any atom is -0.425 e. The van der Waals surface area contributed by atoms with Crippen LogP contribution in [-0.4, -0.2) is 19.7 Å². The summed E-state index contributed by atoms with van der Waals surface area (Å²) < 4.78 is 10.5. The number of halogens is 1. The topological polar surface area (TPSA) is 35.5 Å². The van der Waals surface area contributed by atoms with Crippen molar-refractivity contribution in [2.24, 2.45) is 0 Å². The van der Waals surface area contributed by atoms with Crippen molar-refractivity contribution in [3.05, 3.63) is 28.7 Å². The number of carbonyl (C=O) groups is 1. The van der Waals surface area contributed by atoms with Gasteiger partial charge in [0.2, 0.25) is 0 Å². The minimum absolute atomic E-state index is 0.0317. The molecule has 1 rings (SSSR count). The first-order valence-electron chi connectivity index (χ1n) is 3.67. The van der Waals surface area contributed by atoms with Gasteiger partial charge in [-0.25, -0.2) is 4.79 Å². The van der Waals surface area contributed by atoms with E-state index in [9.17, 15) is 4.79 Å². The lowest BCUT2D eigenvalue weighted by atomic mass is 10.3. The third-order valence-electron chi connectivity index (χ3n) is 1.31. The highest BCUT2D eigenvalue weighted by molar-refractivity contribution is 9.10. The first-order chi connectivity index (χ1) is 6.22. The molecule has 0 saturated carbocycles. The molecular weight excluding hydrogens is 236 g/mol. The molecule has 0 saturated heterocycles. The molecule has 0 atom stereocenters. The zero-order valence-corrected chi connectivity index (χ0v) is 8.71. The van der Waals surface area contributed by atoms with Crippen LogP contribution in [0.1, 0.15) is 0 Å². The van der Waals surface area contributed by atoms with Crippen molar-refractivity contribution in [3.8, 4) is 5.75 Å². The number of hydrogen-bond donors (Lipinski definition) is 0. The average molecular weight is 245 g/mol. The molecule has 70 valence electrons. The Morgan fingerprint density at radius 1 is 1.38 bits per heavy atom. The summed E-state index contributed by atoms with van der Waals surface area (Å²) >= 11 is 3.28. The summed E-state index contributed by atoms with van der Waals surface area (Å²) in [6.07, 6.45) is 0. The number of hydrogen-bond acceptors (Lipinski definition) is 3. The molecule has 0 spiro atoms. The largest absolute Gasteiger partial charge is 0.425 e. The van der Waals surface area contributed by atoms with Crippen LogP contribution in [0.5, 0.6) is 5.75 Å². The van der Waals surface area contributed by atoms with Crippen LogP contribution >= 0.6 is 15.9 Å². The van der Waals surface area contributed by atoms with Gasteiger partial charge in [-0.2, -0.15) is 0 Å². The second-order valence-corrected chi connectivity index (χ2v) is 3.28. The lowest BCUT2D eigenvalue weighted by molar-refractivity contribution is -0.138. The summed E-state index contributed by atoms with van der Waals surface area (Å²) in [5.41, 5.74) is 0. The number of esters is 1. The van der Waals surface area contributed by atoms with Crippen molar-refractivity contribution in [2.75, 3.05) is 13.7 Å². The Bertz CT molecular complexity index is 281. The van der Waals surface area contributed by atoms with Gasteiger partial charge in [0.1, 0.15) is 12.4 Å². The minimum atomic E-state index is -0.398. The van der Waals surface area contributed by atoms with E-state index in [1.807, 2.05) is 0 Å². The van der Waals surface area contributed by atoms with Crippen LogP contribution < -0.4 is 4.74 Å². The van der Waals surface area contributed by atoms with Gasteiger partial charge >= 0.3 is 5.97 Å². The molecule has 4 heteroatoms. The molecule has 0 unspecified atom stereocenters. The van der Waals surface area contributed by atoms with Gasteiger partial charge in [0, 0.05) is 11.6 Å². The van der Waals surface area contributed by atoms with Gasteiger partial charge in [-0.3, -0.25) is 0 Å². The summed E-state index contributed by atoms with van der Waals surface area (Å²) in [6.45, 7) is -0.0317. The standard InChI is InChI=1S/C9H9BrO3/c1-12-6-9(11)13-8-4-2-7(10)3-5-8/h2-5H,6H2,1H3. The van der Waals surface area contributed by atoms with Crippen molar-refractivity contribution in [1.82, 2.24) is 0 Å². The van der Waals surface area contributed by atoms with Crippen molar-refractivity contribution < 1.29 is 14.3 Å². The quantitative estimate of drug-likeness (QED) is 0.603. The van der Waals surface area contributed by atoms with Gasteiger partial charge in [0.05, 0.1) is 0 Å². The Hall–Kier alpha value is -0.870. The highest BCUT2D eigenvalue weighted by Gasteiger charge is 2.02. The Balaban J connectivity index is 2.54. The van der Waals surface area contributed by atoms with Gasteiger partial charge in [-0.1, -0.05) is 15.9 Å². The van der Waals surface area contributed by atoms with Crippen LogP contribution in [-0.2, 0) is 9.53 Å². The van der Waals surface area contributed by atoms with Gasteiger partial charge in [0.25, 0.3) is 0 Å². The molecule has 0 aliphatic carbocycles. The summed E-state index contributed by atoms with van der Waals surface area (Å²) in [6, 6.07) is 7.01. The van der Waals surface area contributed by atoms with Crippen molar-refractivity contribution >= 4 is 21.9 Å². The predicted octanol–water partition coefficient (Wildman–Crippen LogP) is 2.00. The van der Waals surface area contributed by atoms with E-state index in [2.05, 4.69) is 20.7 Å². The summed E-state index contributed by atoms with van der Waals surface area (Å²) in [7, 11) is 1.45. The summed E-state index contributed by atoms with van der Waals surface area (Å²) in [5.74, 6) is 0.120. The molecule has 0 aliphatic rings. The molecular formula is C9H9BrO3. The highest BCUT2D eigenvalue weighted by atomic mass is 79.9. The molecule has 1 aromatic rings. The molecule has 13 heavy (non-hydrogen) atoms. The first kappa shape index (κ1) is 10.2. The van der Waals surface area contributed by atoms with Crippen molar-refractivity contribution in [3.63, 3.8) is 0 Å². The lowest BCUT2D eigenvalue weighted by Gasteiger charge is -2.02. The van der Waals surface area contributed by atoms with Gasteiger partial charge < -0.3 is 9.47 Å². The Morgan fingerprint density at radius 2 is 2.00 bits per heavy atom. The van der Waals surface area contributed by atoms with E-state index in [1.165, 1.54) is 7.11 Å². The van der Waals surface area contributed by atoms with Gasteiger partial charge in [0.15, 0.2) is 0 Å².